The lowest BCUT2D eigenvalue weighted by Gasteiger charge is -2.13. The first-order valence-corrected chi connectivity index (χ1v) is 11.2. The highest BCUT2D eigenvalue weighted by atomic mass is 32.2. The summed E-state index contributed by atoms with van der Waals surface area (Å²) in [6.07, 6.45) is 4.50. The van der Waals surface area contributed by atoms with E-state index in [0.29, 0.717) is 5.92 Å². The summed E-state index contributed by atoms with van der Waals surface area (Å²) in [5.74, 6) is 2.15. The Hall–Kier alpha value is -1.85. The van der Waals surface area contributed by atoms with Crippen LogP contribution in [0.4, 0.5) is 0 Å². The highest BCUT2D eigenvalue weighted by molar-refractivity contribution is 7.86. The van der Waals surface area contributed by atoms with Crippen LogP contribution in [0, 0.1) is 26.7 Å². The van der Waals surface area contributed by atoms with Gasteiger partial charge in [0.2, 0.25) is 0 Å². The fourth-order valence-electron chi connectivity index (χ4n) is 3.77. The van der Waals surface area contributed by atoms with E-state index in [1.165, 1.54) is 22.3 Å². The van der Waals surface area contributed by atoms with E-state index in [1.807, 2.05) is 12.1 Å². The fraction of sp³-hybridized carbons (Fsp3) is 0.455. The second-order valence-electron chi connectivity index (χ2n) is 7.73. The molecule has 0 amide bonds. The van der Waals surface area contributed by atoms with E-state index >= 15 is 0 Å². The van der Waals surface area contributed by atoms with Gasteiger partial charge in [-0.3, -0.25) is 4.18 Å². The molecular formula is C22H28O4S. The van der Waals surface area contributed by atoms with Gasteiger partial charge in [0.05, 0.1) is 12.4 Å². The van der Waals surface area contributed by atoms with Gasteiger partial charge >= 0.3 is 0 Å². The summed E-state index contributed by atoms with van der Waals surface area (Å²) in [5, 5.41) is 0. The summed E-state index contributed by atoms with van der Waals surface area (Å²) in [6, 6.07) is 12.3. The molecule has 0 bridgehead atoms. The van der Waals surface area contributed by atoms with Crippen LogP contribution in [0.5, 0.6) is 11.5 Å². The Kier molecular flexibility index (Phi) is 5.92. The minimum Gasteiger partial charge on any atom is -0.457 e. The smallest absolute Gasteiger partial charge is 0.264 e. The van der Waals surface area contributed by atoms with Crippen LogP contribution >= 0.6 is 0 Å². The molecule has 1 saturated carbocycles. The second kappa shape index (κ2) is 8.03. The third-order valence-corrected chi connectivity index (χ3v) is 6.01. The number of hydrogen-bond donors (Lipinski definition) is 0. The lowest BCUT2D eigenvalue weighted by molar-refractivity contribution is 0.214. The van der Waals surface area contributed by atoms with Crippen molar-refractivity contribution in [2.24, 2.45) is 5.92 Å². The Morgan fingerprint density at radius 2 is 1.59 bits per heavy atom. The van der Waals surface area contributed by atoms with Gasteiger partial charge in [0.25, 0.3) is 10.1 Å². The molecule has 0 aromatic heterocycles. The molecule has 5 heteroatoms. The molecule has 0 aliphatic heterocycles. The van der Waals surface area contributed by atoms with E-state index in [4.69, 9.17) is 8.92 Å². The molecule has 0 saturated heterocycles. The largest absolute Gasteiger partial charge is 0.457 e. The standard InChI is InChI=1S/C22H28O4S/c1-15-11-22(12-16(2)17(15)3)25-20-8-5-18(6-9-20)13-19-7-10-21(14-19)26-27(4,23)24/h5-6,8-9,11-12,19,21H,7,10,13-14H2,1-4H3. The summed E-state index contributed by atoms with van der Waals surface area (Å²) in [5.41, 5.74) is 5.00. The van der Waals surface area contributed by atoms with Gasteiger partial charge in [-0.25, -0.2) is 0 Å². The van der Waals surface area contributed by atoms with E-state index in [2.05, 4.69) is 45.0 Å². The lowest BCUT2D eigenvalue weighted by Crippen LogP contribution is -2.14. The van der Waals surface area contributed by atoms with Crippen LogP contribution in [-0.4, -0.2) is 20.8 Å². The highest BCUT2D eigenvalue weighted by Gasteiger charge is 2.28. The molecule has 146 valence electrons. The molecule has 1 fully saturated rings. The maximum Gasteiger partial charge on any atom is 0.264 e. The number of ether oxygens (including phenoxy) is 1. The molecule has 0 radical (unpaired) electrons. The van der Waals surface area contributed by atoms with Gasteiger partial charge in [-0.05, 0) is 98.9 Å². The van der Waals surface area contributed by atoms with Crippen molar-refractivity contribution in [2.75, 3.05) is 6.26 Å². The number of benzene rings is 2. The first-order valence-electron chi connectivity index (χ1n) is 9.42. The van der Waals surface area contributed by atoms with Gasteiger partial charge in [-0.1, -0.05) is 12.1 Å². The molecule has 3 rings (SSSR count). The van der Waals surface area contributed by atoms with E-state index in [-0.39, 0.29) is 6.10 Å². The highest BCUT2D eigenvalue weighted by Crippen LogP contribution is 2.32. The molecule has 2 aromatic rings. The molecule has 1 aliphatic carbocycles. The minimum atomic E-state index is -3.36. The van der Waals surface area contributed by atoms with Crippen molar-refractivity contribution < 1.29 is 17.3 Å². The molecule has 0 heterocycles. The van der Waals surface area contributed by atoms with Gasteiger partial charge < -0.3 is 4.74 Å². The number of rotatable bonds is 6. The molecule has 1 aliphatic rings. The van der Waals surface area contributed by atoms with E-state index in [0.717, 1.165) is 43.4 Å². The van der Waals surface area contributed by atoms with Crippen LogP contribution < -0.4 is 4.74 Å². The Morgan fingerprint density at radius 1 is 0.963 bits per heavy atom. The lowest BCUT2D eigenvalue weighted by atomic mass is 9.98. The Labute approximate surface area is 162 Å². The topological polar surface area (TPSA) is 52.6 Å². The zero-order valence-electron chi connectivity index (χ0n) is 16.5. The average Bonchev–Trinajstić information content (AvgIpc) is 2.99. The maximum atomic E-state index is 11.3. The molecule has 2 aromatic carbocycles. The van der Waals surface area contributed by atoms with Crippen molar-refractivity contribution in [1.29, 1.82) is 0 Å². The van der Waals surface area contributed by atoms with Gasteiger partial charge in [-0.15, -0.1) is 0 Å². The third kappa shape index (κ3) is 5.56. The van der Waals surface area contributed by atoms with Crippen molar-refractivity contribution in [2.45, 2.75) is 52.6 Å². The molecule has 4 nitrogen and oxygen atoms in total. The van der Waals surface area contributed by atoms with Gasteiger partial charge in [0.15, 0.2) is 0 Å². The average molecular weight is 389 g/mol. The first kappa shape index (κ1) is 19.9. The zero-order valence-corrected chi connectivity index (χ0v) is 17.3. The van der Waals surface area contributed by atoms with Crippen molar-refractivity contribution in [3.8, 4) is 11.5 Å². The fourth-order valence-corrected chi connectivity index (χ4v) is 4.44. The van der Waals surface area contributed by atoms with Gasteiger partial charge in [0.1, 0.15) is 11.5 Å². The van der Waals surface area contributed by atoms with Crippen molar-refractivity contribution >= 4 is 10.1 Å². The number of aryl methyl sites for hydroxylation is 2. The molecule has 0 spiro atoms. The van der Waals surface area contributed by atoms with Crippen LogP contribution in [0.2, 0.25) is 0 Å². The monoisotopic (exact) mass is 388 g/mol. The Morgan fingerprint density at radius 3 is 2.19 bits per heavy atom. The summed E-state index contributed by atoms with van der Waals surface area (Å²) >= 11 is 0. The van der Waals surface area contributed by atoms with Crippen LogP contribution in [-0.2, 0) is 20.7 Å². The van der Waals surface area contributed by atoms with Crippen LogP contribution in [0.25, 0.3) is 0 Å². The predicted molar refractivity (Wildman–Crippen MR) is 108 cm³/mol. The first-order chi connectivity index (χ1) is 12.7. The Balaban J connectivity index is 1.58. The van der Waals surface area contributed by atoms with E-state index in [1.54, 1.807) is 0 Å². The molecule has 2 unspecified atom stereocenters. The molecular weight excluding hydrogens is 360 g/mol. The summed E-state index contributed by atoms with van der Waals surface area (Å²) < 4.78 is 33.7. The maximum absolute atomic E-state index is 11.3. The van der Waals surface area contributed by atoms with Crippen molar-refractivity contribution in [1.82, 2.24) is 0 Å². The summed E-state index contributed by atoms with van der Waals surface area (Å²) in [6.45, 7) is 6.32. The van der Waals surface area contributed by atoms with Gasteiger partial charge in [-0.2, -0.15) is 8.42 Å². The van der Waals surface area contributed by atoms with Crippen molar-refractivity contribution in [3.05, 3.63) is 58.7 Å². The van der Waals surface area contributed by atoms with E-state index in [9.17, 15) is 8.42 Å². The van der Waals surface area contributed by atoms with Crippen LogP contribution in [0.1, 0.15) is 41.5 Å². The van der Waals surface area contributed by atoms with Gasteiger partial charge in [0, 0.05) is 0 Å². The zero-order chi connectivity index (χ0) is 19.6. The van der Waals surface area contributed by atoms with Crippen LogP contribution in [0.15, 0.2) is 36.4 Å². The molecule has 2 atom stereocenters. The number of hydrogen-bond acceptors (Lipinski definition) is 4. The second-order valence-corrected chi connectivity index (χ2v) is 9.33. The Bertz CT molecular complexity index is 877. The van der Waals surface area contributed by atoms with Crippen molar-refractivity contribution in [3.63, 3.8) is 0 Å². The SMILES string of the molecule is Cc1cc(Oc2ccc(CC3CCC(OS(C)(=O)=O)C3)cc2)cc(C)c1C. The predicted octanol–water partition coefficient (Wildman–Crippen LogP) is 5.09. The third-order valence-electron chi connectivity index (χ3n) is 5.39. The quantitative estimate of drug-likeness (QED) is 0.647. The van der Waals surface area contributed by atoms with E-state index < -0.39 is 10.1 Å². The summed E-state index contributed by atoms with van der Waals surface area (Å²) in [7, 11) is -3.36. The molecule has 0 N–H and O–H groups in total. The molecule has 27 heavy (non-hydrogen) atoms. The minimum absolute atomic E-state index is 0.166. The summed E-state index contributed by atoms with van der Waals surface area (Å²) in [4.78, 5) is 0. The van der Waals surface area contributed by atoms with Crippen LogP contribution in [0.3, 0.4) is 0 Å². The normalized spacial score (nSPS) is 20.0.